The topological polar surface area (TPSA) is 56.2 Å². The molecule has 3 rings (SSSR count). The van der Waals surface area contributed by atoms with Gasteiger partial charge in [0.1, 0.15) is 5.82 Å². The first-order valence-corrected chi connectivity index (χ1v) is 7.68. The summed E-state index contributed by atoms with van der Waals surface area (Å²) in [5.41, 5.74) is 10.6. The van der Waals surface area contributed by atoms with Crippen LogP contribution in [0.4, 0.5) is 0 Å². The molecule has 2 aromatic heterocycles. The second kappa shape index (κ2) is 5.34. The lowest BCUT2D eigenvalue weighted by Crippen LogP contribution is -2.03. The summed E-state index contributed by atoms with van der Waals surface area (Å²) < 4.78 is 2.16. The van der Waals surface area contributed by atoms with Crippen molar-refractivity contribution in [1.29, 1.82) is 0 Å². The number of rotatable bonds is 4. The minimum absolute atomic E-state index is 0.679. The number of hydrogen-bond donors (Lipinski definition) is 1. The van der Waals surface area contributed by atoms with E-state index in [1.807, 2.05) is 0 Å². The molecule has 5 heteroatoms. The molecule has 4 nitrogen and oxygen atoms in total. The summed E-state index contributed by atoms with van der Waals surface area (Å²) in [6, 6.07) is 6.54. The Morgan fingerprint density at radius 1 is 1.25 bits per heavy atom. The Hall–Kier alpha value is -1.72. The van der Waals surface area contributed by atoms with Crippen molar-refractivity contribution in [2.24, 2.45) is 5.73 Å². The fraction of sp³-hybridized carbons (Fsp3) is 0.333. The van der Waals surface area contributed by atoms with Crippen LogP contribution in [0.25, 0.3) is 16.2 Å². The summed E-state index contributed by atoms with van der Waals surface area (Å²) in [4.78, 5) is 0.951. The molecule has 0 aliphatic carbocycles. The maximum absolute atomic E-state index is 5.60. The monoisotopic (exact) mass is 286 g/mol. The van der Waals surface area contributed by atoms with Gasteiger partial charge in [-0.05, 0) is 32.4 Å². The standard InChI is InChI=1S/C15H18N4S/c1-10-5-6-12(11(2)8-10)13-9-20-15-18-17-14(19(13)15)4-3-7-16/h5-6,8-9H,3-4,7,16H2,1-2H3. The molecule has 0 radical (unpaired) electrons. The number of hydrogen-bond acceptors (Lipinski definition) is 4. The summed E-state index contributed by atoms with van der Waals surface area (Å²) in [5.74, 6) is 1.00. The molecular formula is C15H18N4S. The van der Waals surface area contributed by atoms with Gasteiger partial charge in [-0.25, -0.2) is 0 Å². The van der Waals surface area contributed by atoms with Crippen molar-refractivity contribution >= 4 is 16.3 Å². The molecule has 104 valence electrons. The van der Waals surface area contributed by atoms with E-state index in [1.54, 1.807) is 11.3 Å². The van der Waals surface area contributed by atoms with Crippen molar-refractivity contribution < 1.29 is 0 Å². The van der Waals surface area contributed by atoms with Crippen LogP contribution in [0.3, 0.4) is 0 Å². The molecule has 0 aliphatic heterocycles. The Bertz CT molecular complexity index is 741. The zero-order valence-corrected chi connectivity index (χ0v) is 12.6. The van der Waals surface area contributed by atoms with Crippen LogP contribution >= 0.6 is 11.3 Å². The lowest BCUT2D eigenvalue weighted by atomic mass is 10.0. The molecule has 0 atom stereocenters. The fourth-order valence-electron chi connectivity index (χ4n) is 2.49. The largest absolute Gasteiger partial charge is 0.330 e. The summed E-state index contributed by atoms with van der Waals surface area (Å²) in [7, 11) is 0. The third-order valence-electron chi connectivity index (χ3n) is 3.48. The van der Waals surface area contributed by atoms with E-state index < -0.39 is 0 Å². The highest BCUT2D eigenvalue weighted by atomic mass is 32.1. The third-order valence-corrected chi connectivity index (χ3v) is 4.30. The number of benzene rings is 1. The van der Waals surface area contributed by atoms with Gasteiger partial charge in [0, 0.05) is 17.4 Å². The Kier molecular flexibility index (Phi) is 3.54. The molecule has 2 heterocycles. The van der Waals surface area contributed by atoms with Gasteiger partial charge < -0.3 is 5.73 Å². The van der Waals surface area contributed by atoms with Gasteiger partial charge >= 0.3 is 0 Å². The Labute approximate surface area is 122 Å². The molecule has 0 bridgehead atoms. The Morgan fingerprint density at radius 2 is 2.10 bits per heavy atom. The number of nitrogens with zero attached hydrogens (tertiary/aromatic N) is 3. The predicted molar refractivity (Wildman–Crippen MR) is 83.1 cm³/mol. The van der Waals surface area contributed by atoms with E-state index in [4.69, 9.17) is 5.73 Å². The van der Waals surface area contributed by atoms with Gasteiger partial charge in [0.2, 0.25) is 4.96 Å². The predicted octanol–water partition coefficient (Wildman–Crippen LogP) is 2.97. The average molecular weight is 286 g/mol. The maximum atomic E-state index is 5.60. The number of fused-ring (bicyclic) bond motifs is 1. The summed E-state index contributed by atoms with van der Waals surface area (Å²) in [5, 5.41) is 10.7. The number of thiazole rings is 1. The Morgan fingerprint density at radius 3 is 2.85 bits per heavy atom. The highest BCUT2D eigenvalue weighted by Crippen LogP contribution is 2.29. The van der Waals surface area contributed by atoms with E-state index >= 15 is 0 Å². The van der Waals surface area contributed by atoms with Gasteiger partial charge in [0.25, 0.3) is 0 Å². The van der Waals surface area contributed by atoms with Gasteiger partial charge in [-0.1, -0.05) is 23.8 Å². The van der Waals surface area contributed by atoms with Gasteiger partial charge in [0.05, 0.1) is 5.69 Å². The summed E-state index contributed by atoms with van der Waals surface area (Å²) in [6.45, 7) is 4.94. The molecule has 0 fully saturated rings. The van der Waals surface area contributed by atoms with E-state index in [0.717, 1.165) is 23.6 Å². The van der Waals surface area contributed by atoms with Crippen LogP contribution in [-0.4, -0.2) is 21.1 Å². The van der Waals surface area contributed by atoms with Crippen molar-refractivity contribution in [3.05, 3.63) is 40.5 Å². The highest BCUT2D eigenvalue weighted by molar-refractivity contribution is 7.15. The lowest BCUT2D eigenvalue weighted by molar-refractivity contribution is 0.772. The number of nitrogens with two attached hydrogens (primary N) is 1. The second-order valence-corrected chi connectivity index (χ2v) is 5.90. The van der Waals surface area contributed by atoms with Crippen molar-refractivity contribution in [2.45, 2.75) is 26.7 Å². The van der Waals surface area contributed by atoms with Crippen LogP contribution in [0.2, 0.25) is 0 Å². The van der Waals surface area contributed by atoms with Crippen LogP contribution in [-0.2, 0) is 6.42 Å². The molecule has 1 aromatic carbocycles. The van der Waals surface area contributed by atoms with E-state index in [-0.39, 0.29) is 0 Å². The average Bonchev–Trinajstić information content (AvgIpc) is 2.99. The second-order valence-electron chi connectivity index (χ2n) is 5.07. The van der Waals surface area contributed by atoms with E-state index in [1.165, 1.54) is 22.4 Å². The zero-order chi connectivity index (χ0) is 14.1. The zero-order valence-electron chi connectivity index (χ0n) is 11.8. The molecule has 3 aromatic rings. The first-order valence-electron chi connectivity index (χ1n) is 6.80. The molecule has 2 N–H and O–H groups in total. The molecule has 0 saturated carbocycles. The first kappa shape index (κ1) is 13.3. The number of aryl methyl sites for hydroxylation is 3. The molecule has 0 aliphatic rings. The minimum Gasteiger partial charge on any atom is -0.330 e. The molecule has 0 saturated heterocycles. The first-order chi connectivity index (χ1) is 9.70. The Balaban J connectivity index is 2.13. The SMILES string of the molecule is Cc1ccc(-c2csc3nnc(CCCN)n23)c(C)c1. The van der Waals surface area contributed by atoms with Crippen LogP contribution < -0.4 is 5.73 Å². The molecule has 0 unspecified atom stereocenters. The van der Waals surface area contributed by atoms with E-state index in [2.05, 4.69) is 52.0 Å². The number of aromatic nitrogens is 3. The van der Waals surface area contributed by atoms with Gasteiger partial charge in [0.15, 0.2) is 0 Å². The van der Waals surface area contributed by atoms with Gasteiger partial charge in [-0.2, -0.15) is 0 Å². The van der Waals surface area contributed by atoms with Crippen molar-refractivity contribution in [2.75, 3.05) is 6.54 Å². The van der Waals surface area contributed by atoms with Crippen LogP contribution in [0.5, 0.6) is 0 Å². The van der Waals surface area contributed by atoms with Gasteiger partial charge in [-0.15, -0.1) is 21.5 Å². The minimum atomic E-state index is 0.679. The van der Waals surface area contributed by atoms with Crippen LogP contribution in [0.15, 0.2) is 23.6 Å². The summed E-state index contributed by atoms with van der Waals surface area (Å²) in [6.07, 6.45) is 1.80. The normalized spacial score (nSPS) is 11.3. The fourth-order valence-corrected chi connectivity index (χ4v) is 3.33. The van der Waals surface area contributed by atoms with Crippen molar-refractivity contribution in [3.8, 4) is 11.3 Å². The molecule has 0 spiro atoms. The quantitative estimate of drug-likeness (QED) is 0.802. The smallest absolute Gasteiger partial charge is 0.216 e. The van der Waals surface area contributed by atoms with Crippen LogP contribution in [0.1, 0.15) is 23.4 Å². The van der Waals surface area contributed by atoms with E-state index in [0.29, 0.717) is 6.54 Å². The lowest BCUT2D eigenvalue weighted by Gasteiger charge is -2.07. The molecule has 20 heavy (non-hydrogen) atoms. The van der Waals surface area contributed by atoms with Crippen molar-refractivity contribution in [3.63, 3.8) is 0 Å². The van der Waals surface area contributed by atoms with Crippen molar-refractivity contribution in [1.82, 2.24) is 14.6 Å². The molecule has 0 amide bonds. The third kappa shape index (κ3) is 2.23. The molecular weight excluding hydrogens is 268 g/mol. The van der Waals surface area contributed by atoms with Gasteiger partial charge in [-0.3, -0.25) is 4.40 Å². The van der Waals surface area contributed by atoms with E-state index in [9.17, 15) is 0 Å². The maximum Gasteiger partial charge on any atom is 0.216 e. The van der Waals surface area contributed by atoms with Crippen LogP contribution in [0, 0.1) is 13.8 Å². The highest BCUT2D eigenvalue weighted by Gasteiger charge is 2.14. The summed E-state index contributed by atoms with van der Waals surface area (Å²) >= 11 is 1.63.